The second kappa shape index (κ2) is 23.5. The van der Waals surface area contributed by atoms with Crippen LogP contribution in [0.2, 0.25) is 8.87 Å². The van der Waals surface area contributed by atoms with Crippen LogP contribution >= 0.6 is 25.3 Å². The fourth-order valence-corrected chi connectivity index (χ4v) is 14.1. The second-order valence-electron chi connectivity index (χ2n) is 9.46. The Kier molecular flexibility index (Phi) is 23.7. The van der Waals surface area contributed by atoms with Gasteiger partial charge in [-0.05, 0) is 0 Å². The van der Waals surface area contributed by atoms with Crippen molar-refractivity contribution >= 4 is 56.4 Å². The molecule has 0 saturated heterocycles. The van der Waals surface area contributed by atoms with Crippen molar-refractivity contribution in [2.24, 2.45) is 11.8 Å². The Morgan fingerprint density at radius 1 is 0.629 bits per heavy atom. The van der Waals surface area contributed by atoms with Crippen molar-refractivity contribution < 1.29 is 25.2 Å². The average Bonchev–Trinajstić information content (AvgIpc) is 2.85. The van der Waals surface area contributed by atoms with E-state index in [0.717, 1.165) is 38.5 Å². The number of carbonyl (C=O) groups excluding carboxylic acids is 2. The second-order valence-corrected chi connectivity index (χ2v) is 19.4. The number of thiol groups is 2. The fraction of sp³-hybridized carbons (Fsp3) is 0.923. The Balaban J connectivity index is 5.62. The first kappa shape index (κ1) is 35.4. The average molecular weight is 644 g/mol. The summed E-state index contributed by atoms with van der Waals surface area (Å²) >= 11 is 4.55. The van der Waals surface area contributed by atoms with E-state index in [-0.39, 0.29) is 25.2 Å². The van der Waals surface area contributed by atoms with Crippen LogP contribution in [0.5, 0.6) is 0 Å². The summed E-state index contributed by atoms with van der Waals surface area (Å²) in [7, 11) is 3.13. The van der Waals surface area contributed by atoms with Gasteiger partial charge in [-0.25, -0.2) is 0 Å². The maximum atomic E-state index is 13.1. The quantitative estimate of drug-likeness (QED) is 0.0701. The molecule has 2 atom stereocenters. The van der Waals surface area contributed by atoms with Gasteiger partial charge in [-0.3, -0.25) is 0 Å². The SMILES string of the molecule is CCCCCCC[CH2][Sn]([CH2]CCCCCCC)([O]C(=O)C(CS)COC)[O]C(=O)C(CS)COC. The molecule has 0 aliphatic rings. The minimum absolute atomic E-state index is 0.245. The number of rotatable bonds is 24. The number of unbranched alkanes of at least 4 members (excludes halogenated alkanes) is 10. The molecule has 0 fully saturated rings. The molecule has 0 saturated carbocycles. The van der Waals surface area contributed by atoms with Crippen molar-refractivity contribution in [2.45, 2.75) is 99.8 Å². The van der Waals surface area contributed by atoms with Gasteiger partial charge in [-0.15, -0.1) is 0 Å². The van der Waals surface area contributed by atoms with E-state index in [1.807, 2.05) is 0 Å². The van der Waals surface area contributed by atoms with E-state index in [2.05, 4.69) is 39.1 Å². The van der Waals surface area contributed by atoms with Crippen LogP contribution in [0.4, 0.5) is 0 Å². The van der Waals surface area contributed by atoms with Gasteiger partial charge in [-0.2, -0.15) is 0 Å². The molecule has 35 heavy (non-hydrogen) atoms. The molecule has 9 heteroatoms. The molecule has 0 radical (unpaired) electrons. The van der Waals surface area contributed by atoms with Crippen molar-refractivity contribution in [1.82, 2.24) is 0 Å². The van der Waals surface area contributed by atoms with Crippen LogP contribution in [-0.2, 0) is 25.2 Å². The molecule has 2 unspecified atom stereocenters. The van der Waals surface area contributed by atoms with Gasteiger partial charge in [-0.1, -0.05) is 0 Å². The van der Waals surface area contributed by atoms with E-state index in [1.54, 1.807) is 14.2 Å². The Morgan fingerprint density at radius 3 is 1.29 bits per heavy atom. The van der Waals surface area contributed by atoms with E-state index in [9.17, 15) is 9.59 Å². The standard InChI is InChI=1S/2C8H17.2C5H10O3S.Sn/c2*1-3-5-7-8-6-4-2;2*1-8-2-4(3-9)5(6)7;/h2*1,3-8H2,2H3;2*4,9H,2-3H2,1H3,(H,6,7);/q;;;;+2/p-2. The zero-order chi connectivity index (χ0) is 26.4. The predicted octanol–water partition coefficient (Wildman–Crippen LogP) is 6.62. The Hall–Kier alpha value is 0.359. The monoisotopic (exact) mass is 644 g/mol. The van der Waals surface area contributed by atoms with Gasteiger partial charge in [0.25, 0.3) is 0 Å². The molecule has 0 rings (SSSR count). The van der Waals surface area contributed by atoms with Gasteiger partial charge in [0.2, 0.25) is 0 Å². The molecule has 0 bridgehead atoms. The van der Waals surface area contributed by atoms with E-state index in [0.29, 0.717) is 20.4 Å². The predicted molar refractivity (Wildman–Crippen MR) is 153 cm³/mol. The van der Waals surface area contributed by atoms with Gasteiger partial charge in [0, 0.05) is 0 Å². The molecule has 0 aromatic heterocycles. The van der Waals surface area contributed by atoms with Gasteiger partial charge in [0.1, 0.15) is 0 Å². The van der Waals surface area contributed by atoms with Gasteiger partial charge in [0.05, 0.1) is 0 Å². The first-order valence-corrected chi connectivity index (χ1v) is 21.2. The maximum absolute atomic E-state index is 13.1. The minimum atomic E-state index is -4.11. The van der Waals surface area contributed by atoms with Crippen LogP contribution in [0.25, 0.3) is 0 Å². The van der Waals surface area contributed by atoms with Crippen molar-refractivity contribution in [3.05, 3.63) is 0 Å². The summed E-state index contributed by atoms with van der Waals surface area (Å²) in [6, 6.07) is 0. The molecule has 0 heterocycles. The molecule has 0 aliphatic heterocycles. The third kappa shape index (κ3) is 16.7. The van der Waals surface area contributed by atoms with Crippen molar-refractivity contribution in [2.75, 3.05) is 38.9 Å². The molecule has 0 aliphatic carbocycles. The number of hydrogen-bond donors (Lipinski definition) is 2. The Labute approximate surface area is 231 Å². The molecular formula is C26H52O6S2Sn. The summed E-state index contributed by atoms with van der Waals surface area (Å²) in [5.41, 5.74) is 0. The molecule has 0 N–H and O–H groups in total. The van der Waals surface area contributed by atoms with Crippen molar-refractivity contribution in [3.63, 3.8) is 0 Å². The number of methoxy groups -OCH3 is 2. The van der Waals surface area contributed by atoms with Gasteiger partial charge >= 0.3 is 232 Å². The molecule has 0 aromatic carbocycles. The third-order valence-electron chi connectivity index (χ3n) is 6.24. The van der Waals surface area contributed by atoms with Crippen molar-refractivity contribution in [1.29, 1.82) is 0 Å². The van der Waals surface area contributed by atoms with Crippen molar-refractivity contribution in [3.8, 4) is 0 Å². The molecule has 0 amide bonds. The zero-order valence-corrected chi connectivity index (χ0v) is 27.4. The van der Waals surface area contributed by atoms with Crippen LogP contribution in [-0.4, -0.2) is 70.1 Å². The first-order valence-electron chi connectivity index (χ1n) is 13.6. The van der Waals surface area contributed by atoms with E-state index < -0.39 is 31.0 Å². The van der Waals surface area contributed by atoms with Crippen LogP contribution in [0.3, 0.4) is 0 Å². The normalized spacial score (nSPS) is 13.4. The van der Waals surface area contributed by atoms with Gasteiger partial charge in [0.15, 0.2) is 0 Å². The molecular weight excluding hydrogens is 591 g/mol. The fourth-order valence-electron chi connectivity index (χ4n) is 4.03. The third-order valence-corrected chi connectivity index (χ3v) is 16.8. The summed E-state index contributed by atoms with van der Waals surface area (Å²) < 4.78 is 24.4. The first-order chi connectivity index (χ1) is 16.9. The summed E-state index contributed by atoms with van der Waals surface area (Å²) in [6.45, 7) is 4.90. The van der Waals surface area contributed by atoms with Crippen LogP contribution in [0, 0.1) is 11.8 Å². The van der Waals surface area contributed by atoms with E-state index in [1.165, 1.54) is 38.5 Å². The van der Waals surface area contributed by atoms with E-state index in [4.69, 9.17) is 15.6 Å². The zero-order valence-electron chi connectivity index (χ0n) is 22.7. The van der Waals surface area contributed by atoms with Crippen LogP contribution in [0.1, 0.15) is 90.9 Å². The van der Waals surface area contributed by atoms with E-state index >= 15 is 0 Å². The number of carbonyl (C=O) groups is 2. The Bertz CT molecular complexity index is 492. The van der Waals surface area contributed by atoms with Crippen LogP contribution in [0.15, 0.2) is 0 Å². The number of hydrogen-bond acceptors (Lipinski definition) is 8. The Morgan fingerprint density at radius 2 is 0.971 bits per heavy atom. The molecule has 0 spiro atoms. The summed E-state index contributed by atoms with van der Waals surface area (Å²) in [5.74, 6) is -0.939. The van der Waals surface area contributed by atoms with Crippen LogP contribution < -0.4 is 0 Å². The molecule has 0 aromatic rings. The molecule has 6 nitrogen and oxygen atoms in total. The molecule has 208 valence electrons. The summed E-state index contributed by atoms with van der Waals surface area (Å²) in [4.78, 5) is 26.3. The topological polar surface area (TPSA) is 71.1 Å². The summed E-state index contributed by atoms with van der Waals surface area (Å²) in [6.07, 6.45) is 13.6. The number of ether oxygens (including phenoxy) is 2. The summed E-state index contributed by atoms with van der Waals surface area (Å²) in [5, 5.41) is 0. The van der Waals surface area contributed by atoms with Gasteiger partial charge < -0.3 is 0 Å².